The van der Waals surface area contributed by atoms with E-state index in [0.29, 0.717) is 0 Å². The van der Waals surface area contributed by atoms with Crippen molar-refractivity contribution in [1.82, 2.24) is 9.97 Å². The summed E-state index contributed by atoms with van der Waals surface area (Å²) in [6.07, 6.45) is 2.11. The molecule has 0 bridgehead atoms. The van der Waals surface area contributed by atoms with Crippen LogP contribution in [0.4, 0.5) is 0 Å². The fraction of sp³-hybridized carbons (Fsp3) is 0.300. The Labute approximate surface area is 87.1 Å². The van der Waals surface area contributed by atoms with Gasteiger partial charge >= 0.3 is 5.97 Å². The third-order valence-corrected chi connectivity index (χ3v) is 1.49. The van der Waals surface area contributed by atoms with Crippen LogP contribution in [0.5, 0.6) is 5.88 Å². The molecule has 15 heavy (non-hydrogen) atoms. The van der Waals surface area contributed by atoms with Gasteiger partial charge in [0.05, 0.1) is 12.4 Å². The van der Waals surface area contributed by atoms with Gasteiger partial charge in [-0.15, -0.1) is 5.92 Å². The van der Waals surface area contributed by atoms with Crippen molar-refractivity contribution in [3.63, 3.8) is 0 Å². The number of carbonyl (C=O) groups is 1. The summed E-state index contributed by atoms with van der Waals surface area (Å²) >= 11 is 0. The van der Waals surface area contributed by atoms with Crippen molar-refractivity contribution in [3.05, 3.63) is 18.1 Å². The summed E-state index contributed by atoms with van der Waals surface area (Å²) in [6.45, 7) is 3.47. The van der Waals surface area contributed by atoms with Crippen LogP contribution in [-0.4, -0.2) is 27.1 Å². The molecule has 0 aliphatic carbocycles. The molecular weight excluding hydrogens is 196 g/mol. The number of ether oxygens (including phenoxy) is 1. The summed E-state index contributed by atoms with van der Waals surface area (Å²) < 4.78 is 5.25. The summed E-state index contributed by atoms with van der Waals surface area (Å²) in [7, 11) is 0. The lowest BCUT2D eigenvalue weighted by Crippen LogP contribution is -2.10. The monoisotopic (exact) mass is 206 g/mol. The minimum Gasteiger partial charge on any atom is -0.476 e. The highest BCUT2D eigenvalue weighted by molar-refractivity contribution is 5.84. The Balaban J connectivity index is 2.71. The smallest absolute Gasteiger partial charge is 0.356 e. The van der Waals surface area contributed by atoms with Gasteiger partial charge in [0, 0.05) is 0 Å². The van der Waals surface area contributed by atoms with Gasteiger partial charge in [0.25, 0.3) is 0 Å². The number of carboxylic acids is 1. The molecule has 78 valence electrons. The van der Waals surface area contributed by atoms with E-state index in [0.717, 1.165) is 6.20 Å². The van der Waals surface area contributed by atoms with Crippen molar-refractivity contribution in [3.8, 4) is 17.7 Å². The van der Waals surface area contributed by atoms with E-state index in [1.165, 1.54) is 6.20 Å². The first-order chi connectivity index (χ1) is 7.13. The molecule has 1 aromatic rings. The molecule has 0 aliphatic rings. The average molecular weight is 206 g/mol. The number of aromatic nitrogens is 2. The highest BCUT2D eigenvalue weighted by Crippen LogP contribution is 2.06. The SMILES string of the molecule is CC#C[C@H](C)Oc1cnc(C(=O)O)cn1. The Morgan fingerprint density at radius 1 is 1.53 bits per heavy atom. The number of aromatic carboxylic acids is 1. The quantitative estimate of drug-likeness (QED) is 0.746. The first-order valence-corrected chi connectivity index (χ1v) is 4.27. The van der Waals surface area contributed by atoms with Gasteiger partial charge < -0.3 is 9.84 Å². The van der Waals surface area contributed by atoms with Crippen LogP contribution < -0.4 is 4.74 Å². The Hall–Kier alpha value is -2.09. The van der Waals surface area contributed by atoms with Gasteiger partial charge in [-0.3, -0.25) is 0 Å². The van der Waals surface area contributed by atoms with Crippen LogP contribution in [0.3, 0.4) is 0 Å². The van der Waals surface area contributed by atoms with E-state index in [1.54, 1.807) is 13.8 Å². The fourth-order valence-electron chi connectivity index (χ4n) is 0.901. The summed E-state index contributed by atoms with van der Waals surface area (Å²) in [6, 6.07) is 0. The molecule has 5 heteroatoms. The van der Waals surface area contributed by atoms with E-state index < -0.39 is 5.97 Å². The van der Waals surface area contributed by atoms with E-state index in [9.17, 15) is 4.79 Å². The van der Waals surface area contributed by atoms with Crippen molar-refractivity contribution >= 4 is 5.97 Å². The third-order valence-electron chi connectivity index (χ3n) is 1.49. The van der Waals surface area contributed by atoms with Gasteiger partial charge in [-0.25, -0.2) is 14.8 Å². The number of hydrogen-bond donors (Lipinski definition) is 1. The van der Waals surface area contributed by atoms with Gasteiger partial charge in [0.15, 0.2) is 11.8 Å². The van der Waals surface area contributed by atoms with E-state index in [1.807, 2.05) is 0 Å². The van der Waals surface area contributed by atoms with Crippen molar-refractivity contribution in [2.24, 2.45) is 0 Å². The standard InChI is InChI=1S/C10H10N2O3/c1-3-4-7(2)15-9-6-11-8(5-12-9)10(13)14/h5-7H,1-2H3,(H,13,14)/t7-/m0/s1. The molecule has 0 fully saturated rings. The molecule has 0 spiro atoms. The van der Waals surface area contributed by atoms with Crippen LogP contribution in [0.15, 0.2) is 12.4 Å². The van der Waals surface area contributed by atoms with Gasteiger partial charge in [0.2, 0.25) is 5.88 Å². The average Bonchev–Trinajstić information content (AvgIpc) is 2.18. The van der Waals surface area contributed by atoms with Crippen LogP contribution in [0, 0.1) is 11.8 Å². The summed E-state index contributed by atoms with van der Waals surface area (Å²) in [5.41, 5.74) is -0.114. The summed E-state index contributed by atoms with van der Waals surface area (Å²) in [5.74, 6) is 4.62. The second kappa shape index (κ2) is 4.96. The molecule has 1 aromatic heterocycles. The molecule has 0 radical (unpaired) electrons. The minimum atomic E-state index is -1.12. The van der Waals surface area contributed by atoms with E-state index in [-0.39, 0.29) is 17.7 Å². The number of carboxylic acid groups (broad SMARTS) is 1. The topological polar surface area (TPSA) is 72.3 Å². The zero-order chi connectivity index (χ0) is 11.3. The van der Waals surface area contributed by atoms with Crippen LogP contribution in [0.2, 0.25) is 0 Å². The van der Waals surface area contributed by atoms with Crippen molar-refractivity contribution in [1.29, 1.82) is 0 Å². The number of hydrogen-bond acceptors (Lipinski definition) is 4. The van der Waals surface area contributed by atoms with Crippen LogP contribution in [0.1, 0.15) is 24.3 Å². The summed E-state index contributed by atoms with van der Waals surface area (Å²) in [4.78, 5) is 17.9. The number of nitrogens with zero attached hydrogens (tertiary/aromatic N) is 2. The summed E-state index contributed by atoms with van der Waals surface area (Å²) in [5, 5.41) is 8.58. The van der Waals surface area contributed by atoms with Gasteiger partial charge in [-0.05, 0) is 13.8 Å². The predicted molar refractivity (Wildman–Crippen MR) is 52.5 cm³/mol. The third kappa shape index (κ3) is 3.27. The van der Waals surface area contributed by atoms with Crippen LogP contribution in [0.25, 0.3) is 0 Å². The molecule has 0 unspecified atom stereocenters. The van der Waals surface area contributed by atoms with Gasteiger partial charge in [-0.2, -0.15) is 0 Å². The maximum absolute atomic E-state index is 10.5. The molecular formula is C10H10N2O3. The Morgan fingerprint density at radius 3 is 2.73 bits per heavy atom. The molecule has 5 nitrogen and oxygen atoms in total. The Morgan fingerprint density at radius 2 is 2.27 bits per heavy atom. The molecule has 0 saturated carbocycles. The fourth-order valence-corrected chi connectivity index (χ4v) is 0.901. The first-order valence-electron chi connectivity index (χ1n) is 4.27. The van der Waals surface area contributed by atoms with E-state index in [2.05, 4.69) is 21.8 Å². The maximum atomic E-state index is 10.5. The largest absolute Gasteiger partial charge is 0.476 e. The zero-order valence-corrected chi connectivity index (χ0v) is 8.39. The molecule has 0 aliphatic heterocycles. The molecule has 0 amide bonds. The normalized spacial score (nSPS) is 11.1. The Bertz CT molecular complexity index is 403. The lowest BCUT2D eigenvalue weighted by atomic mass is 10.4. The molecule has 1 rings (SSSR count). The minimum absolute atomic E-state index is 0.114. The highest BCUT2D eigenvalue weighted by Gasteiger charge is 2.06. The lowest BCUT2D eigenvalue weighted by molar-refractivity contribution is 0.0689. The van der Waals surface area contributed by atoms with Gasteiger partial charge in [0.1, 0.15) is 0 Å². The van der Waals surface area contributed by atoms with Crippen molar-refractivity contribution in [2.75, 3.05) is 0 Å². The molecule has 0 saturated heterocycles. The van der Waals surface area contributed by atoms with Crippen LogP contribution in [-0.2, 0) is 0 Å². The zero-order valence-electron chi connectivity index (χ0n) is 8.39. The number of rotatable bonds is 3. The van der Waals surface area contributed by atoms with Crippen molar-refractivity contribution in [2.45, 2.75) is 20.0 Å². The maximum Gasteiger partial charge on any atom is 0.356 e. The van der Waals surface area contributed by atoms with E-state index in [4.69, 9.17) is 9.84 Å². The predicted octanol–water partition coefficient (Wildman–Crippen LogP) is 0.965. The van der Waals surface area contributed by atoms with Crippen molar-refractivity contribution < 1.29 is 14.6 Å². The molecule has 0 aromatic carbocycles. The second-order valence-corrected chi connectivity index (χ2v) is 2.70. The molecule has 1 atom stereocenters. The Kier molecular flexibility index (Phi) is 3.63. The molecule has 1 N–H and O–H groups in total. The van der Waals surface area contributed by atoms with Crippen LogP contribution >= 0.6 is 0 Å². The molecule has 1 heterocycles. The second-order valence-electron chi connectivity index (χ2n) is 2.70. The highest BCUT2D eigenvalue weighted by atomic mass is 16.5. The van der Waals surface area contributed by atoms with Gasteiger partial charge in [-0.1, -0.05) is 5.92 Å². The lowest BCUT2D eigenvalue weighted by Gasteiger charge is -2.06. The first kappa shape index (κ1) is 11.0. The van der Waals surface area contributed by atoms with E-state index >= 15 is 0 Å².